The van der Waals surface area contributed by atoms with Gasteiger partial charge >= 0.3 is 0 Å². The van der Waals surface area contributed by atoms with Crippen LogP contribution in [0.2, 0.25) is 0 Å². The van der Waals surface area contributed by atoms with Gasteiger partial charge in [-0.2, -0.15) is 4.98 Å². The van der Waals surface area contributed by atoms with Crippen molar-refractivity contribution in [1.29, 1.82) is 0 Å². The summed E-state index contributed by atoms with van der Waals surface area (Å²) < 4.78 is 60.9. The van der Waals surface area contributed by atoms with Gasteiger partial charge in [0.05, 0.1) is 30.1 Å². The molecule has 2 aromatic heterocycles. The Morgan fingerprint density at radius 2 is 1.83 bits per heavy atom. The molecule has 0 saturated heterocycles. The van der Waals surface area contributed by atoms with Gasteiger partial charge in [0.2, 0.25) is 15.7 Å². The highest BCUT2D eigenvalue weighted by molar-refractivity contribution is 7.92. The number of methoxy groups -OCH3 is 1. The summed E-state index contributed by atoms with van der Waals surface area (Å²) in [4.78, 5) is 17.0. The second-order valence-corrected chi connectivity index (χ2v) is 13.3. The van der Waals surface area contributed by atoms with Crippen molar-refractivity contribution in [1.82, 2.24) is 4.98 Å². The number of benzene rings is 1. The smallest absolute Gasteiger partial charge is 0.252 e. The largest absolute Gasteiger partial charge is 0.497 e. The van der Waals surface area contributed by atoms with Gasteiger partial charge < -0.3 is 14.9 Å². The lowest BCUT2D eigenvalue weighted by Gasteiger charge is -2.23. The van der Waals surface area contributed by atoms with Crippen LogP contribution in [-0.4, -0.2) is 59.6 Å². The number of carbonyl (C=O) groups is 1. The molecule has 1 aliphatic rings. The van der Waals surface area contributed by atoms with Gasteiger partial charge in [0.15, 0.2) is 0 Å². The molecule has 0 spiro atoms. The maximum absolute atomic E-state index is 12.7. The van der Waals surface area contributed by atoms with Crippen molar-refractivity contribution in [3.05, 3.63) is 52.8 Å². The van der Waals surface area contributed by atoms with E-state index in [2.05, 4.69) is 4.98 Å². The number of amides is 1. The lowest BCUT2D eigenvalue weighted by atomic mass is 10.0. The average Bonchev–Trinajstić information content (AvgIpc) is 3.56. The predicted molar refractivity (Wildman–Crippen MR) is 137 cm³/mol. The van der Waals surface area contributed by atoms with Crippen LogP contribution >= 0.6 is 0 Å². The number of aromatic nitrogens is 1. The number of sulfonamides is 1. The highest BCUT2D eigenvalue weighted by atomic mass is 32.2. The Hall–Kier alpha value is -3.12. The van der Waals surface area contributed by atoms with Gasteiger partial charge in [-0.1, -0.05) is 12.1 Å². The van der Waals surface area contributed by atoms with E-state index in [1.54, 1.807) is 25.3 Å². The molecule has 0 atom stereocenters. The molecule has 0 bridgehead atoms. The number of nitrogens with zero attached hydrogens (tertiary/aromatic N) is 2. The maximum Gasteiger partial charge on any atom is 0.252 e. The van der Waals surface area contributed by atoms with E-state index in [1.165, 1.54) is 0 Å². The summed E-state index contributed by atoms with van der Waals surface area (Å²) in [6, 6.07) is 9.02. The molecule has 4 rings (SSSR count). The number of pyridine rings is 1. The SMILES string of the molecule is COc1ccc(Cc2oc3nc(N(CCCS(C)(=O)=O)S(C)(=O)=O)c(C4CC4)cc3c2C(N)=O)cc1. The zero-order valence-corrected chi connectivity index (χ0v) is 22.0. The van der Waals surface area contributed by atoms with E-state index >= 15 is 0 Å². The summed E-state index contributed by atoms with van der Waals surface area (Å²) in [6.45, 7) is -0.0494. The van der Waals surface area contributed by atoms with Crippen LogP contribution in [0.3, 0.4) is 0 Å². The third-order valence-electron chi connectivity index (χ3n) is 6.06. The number of hydrogen-bond donors (Lipinski definition) is 1. The molecule has 10 nitrogen and oxygen atoms in total. The molecule has 0 aliphatic heterocycles. The Morgan fingerprint density at radius 3 is 2.36 bits per heavy atom. The van der Waals surface area contributed by atoms with Crippen molar-refractivity contribution in [2.75, 3.05) is 36.2 Å². The number of furan rings is 1. The van der Waals surface area contributed by atoms with E-state index in [1.807, 2.05) is 12.1 Å². The van der Waals surface area contributed by atoms with Gasteiger partial charge in [-0.3, -0.25) is 9.10 Å². The first-order valence-electron chi connectivity index (χ1n) is 11.4. The molecular weight excluding hydrogens is 506 g/mol. The van der Waals surface area contributed by atoms with E-state index in [4.69, 9.17) is 14.9 Å². The van der Waals surface area contributed by atoms with Crippen molar-refractivity contribution in [2.45, 2.75) is 31.6 Å². The number of rotatable bonds is 11. The van der Waals surface area contributed by atoms with Gasteiger partial charge in [0.25, 0.3) is 5.91 Å². The minimum Gasteiger partial charge on any atom is -0.497 e. The van der Waals surface area contributed by atoms with Crippen molar-refractivity contribution in [3.8, 4) is 5.75 Å². The molecule has 1 saturated carbocycles. The summed E-state index contributed by atoms with van der Waals surface area (Å²) in [6.07, 6.45) is 4.26. The van der Waals surface area contributed by atoms with E-state index in [0.29, 0.717) is 22.5 Å². The second-order valence-electron chi connectivity index (χ2n) is 9.14. The molecule has 1 aromatic carbocycles. The summed E-state index contributed by atoms with van der Waals surface area (Å²) >= 11 is 0. The summed E-state index contributed by atoms with van der Waals surface area (Å²) in [5.74, 6) is 0.478. The number of carbonyl (C=O) groups excluding carboxylic acids is 1. The standard InChI is InChI=1S/C24H29N3O7S2/c1-33-17-9-5-15(6-10-17)13-20-21(22(25)28)19-14-18(16-7-8-16)23(26-24(19)34-20)27(36(3,31)32)11-4-12-35(2,29)30/h5-6,9-10,14,16H,4,7-8,11-13H2,1-3H3,(H2,25,28). The van der Waals surface area contributed by atoms with Crippen LogP contribution in [0.4, 0.5) is 5.82 Å². The van der Waals surface area contributed by atoms with Crippen molar-refractivity contribution >= 4 is 42.7 Å². The average molecular weight is 536 g/mol. The quantitative estimate of drug-likeness (QED) is 0.394. The van der Waals surface area contributed by atoms with Crippen molar-refractivity contribution in [2.24, 2.45) is 5.73 Å². The Kier molecular flexibility index (Phi) is 7.02. The minimum absolute atomic E-state index is 0.0494. The fourth-order valence-electron chi connectivity index (χ4n) is 4.19. The van der Waals surface area contributed by atoms with E-state index in [9.17, 15) is 21.6 Å². The number of hydrogen-bond acceptors (Lipinski definition) is 8. The highest BCUT2D eigenvalue weighted by Crippen LogP contribution is 2.46. The van der Waals surface area contributed by atoms with Crippen LogP contribution < -0.4 is 14.8 Å². The van der Waals surface area contributed by atoms with E-state index in [-0.39, 0.29) is 48.2 Å². The van der Waals surface area contributed by atoms with Crippen LogP contribution in [0, 0.1) is 0 Å². The van der Waals surface area contributed by atoms with Gasteiger partial charge in [-0.05, 0) is 54.5 Å². The zero-order chi connectivity index (χ0) is 26.3. The monoisotopic (exact) mass is 535 g/mol. The number of ether oxygens (including phenoxy) is 1. The molecule has 12 heteroatoms. The Bertz CT molecular complexity index is 1510. The Labute approximate surface area is 210 Å². The summed E-state index contributed by atoms with van der Waals surface area (Å²) in [7, 11) is -5.47. The van der Waals surface area contributed by atoms with E-state index in [0.717, 1.165) is 35.2 Å². The number of primary amides is 1. The normalized spacial score (nSPS) is 14.2. The number of sulfone groups is 1. The first-order chi connectivity index (χ1) is 16.9. The fourth-order valence-corrected chi connectivity index (χ4v) is 5.77. The fraction of sp³-hybridized carbons (Fsp3) is 0.417. The van der Waals surface area contributed by atoms with E-state index < -0.39 is 25.8 Å². The molecule has 2 heterocycles. The highest BCUT2D eigenvalue weighted by Gasteiger charge is 2.34. The first-order valence-corrected chi connectivity index (χ1v) is 15.3. The Morgan fingerprint density at radius 1 is 1.17 bits per heavy atom. The summed E-state index contributed by atoms with van der Waals surface area (Å²) in [5, 5.41) is 0.432. The molecule has 3 aromatic rings. The molecular formula is C24H29N3O7S2. The third kappa shape index (κ3) is 5.81. The molecule has 0 unspecified atom stereocenters. The van der Waals surface area contributed by atoms with Gasteiger partial charge in [-0.15, -0.1) is 0 Å². The van der Waals surface area contributed by atoms with Gasteiger partial charge in [-0.25, -0.2) is 16.8 Å². The van der Waals surface area contributed by atoms with Crippen LogP contribution in [0.15, 0.2) is 34.7 Å². The lowest BCUT2D eigenvalue weighted by Crippen LogP contribution is -2.33. The van der Waals surface area contributed by atoms with Crippen molar-refractivity contribution in [3.63, 3.8) is 0 Å². The second kappa shape index (κ2) is 9.74. The third-order valence-corrected chi connectivity index (χ3v) is 8.25. The van der Waals surface area contributed by atoms with Crippen LogP contribution in [0.1, 0.15) is 52.4 Å². The topological polar surface area (TPSA) is 150 Å². The maximum atomic E-state index is 12.7. The van der Waals surface area contributed by atoms with Gasteiger partial charge in [0, 0.05) is 19.2 Å². The molecule has 194 valence electrons. The molecule has 0 radical (unpaired) electrons. The minimum atomic E-state index is -3.78. The summed E-state index contributed by atoms with van der Waals surface area (Å²) in [5.41, 5.74) is 7.58. The molecule has 2 N–H and O–H groups in total. The first kappa shape index (κ1) is 26.0. The van der Waals surface area contributed by atoms with Crippen LogP contribution in [0.5, 0.6) is 5.75 Å². The number of anilines is 1. The van der Waals surface area contributed by atoms with Crippen molar-refractivity contribution < 1.29 is 30.8 Å². The predicted octanol–water partition coefficient (Wildman–Crippen LogP) is 2.60. The van der Waals surface area contributed by atoms with Gasteiger partial charge in [0.1, 0.15) is 27.2 Å². The van der Waals surface area contributed by atoms with Crippen LogP contribution in [0.25, 0.3) is 11.1 Å². The van der Waals surface area contributed by atoms with Crippen LogP contribution in [-0.2, 0) is 26.3 Å². The lowest BCUT2D eigenvalue weighted by molar-refractivity contribution is 0.1000. The molecule has 1 fully saturated rings. The number of nitrogens with two attached hydrogens (primary N) is 1. The Balaban J connectivity index is 1.80. The number of fused-ring (bicyclic) bond motifs is 1. The molecule has 36 heavy (non-hydrogen) atoms. The molecule has 1 amide bonds. The zero-order valence-electron chi connectivity index (χ0n) is 20.4. The molecule has 1 aliphatic carbocycles.